The molecule has 1 heterocycles. The topological polar surface area (TPSA) is 95.3 Å². The average molecular weight is 199 g/mol. The first-order valence-electron chi connectivity index (χ1n) is 3.20. The molecule has 6 nitrogen and oxygen atoms in total. The second-order valence-corrected chi connectivity index (χ2v) is 2.82. The predicted molar refractivity (Wildman–Crippen MR) is 45.2 cm³/mol. The van der Waals surface area contributed by atoms with Gasteiger partial charge in [-0.1, -0.05) is 0 Å². The summed E-state index contributed by atoms with van der Waals surface area (Å²) in [5.74, 6) is -0.671. The van der Waals surface area contributed by atoms with Gasteiger partial charge in [-0.3, -0.25) is 10.1 Å². The number of thiophene rings is 1. The van der Waals surface area contributed by atoms with Crippen molar-refractivity contribution in [1.82, 2.24) is 0 Å². The van der Waals surface area contributed by atoms with E-state index < -0.39 is 5.91 Å². The van der Waals surface area contributed by atoms with Crippen LogP contribution in [-0.4, -0.2) is 11.2 Å². The van der Waals surface area contributed by atoms with Crippen LogP contribution in [0.4, 0.5) is 0 Å². The summed E-state index contributed by atoms with van der Waals surface area (Å²) in [4.78, 5) is 17.3. The third-order valence-electron chi connectivity index (χ3n) is 1.33. The monoisotopic (exact) mass is 199 g/mol. The van der Waals surface area contributed by atoms with Gasteiger partial charge in [-0.05, 0) is 16.0 Å². The number of carbonyl (C=O) groups is 1. The molecule has 0 radical (unpaired) electrons. The molecule has 13 heavy (non-hydrogen) atoms. The van der Waals surface area contributed by atoms with Crippen LogP contribution < -0.4 is 0 Å². The van der Waals surface area contributed by atoms with E-state index in [9.17, 15) is 4.79 Å². The van der Waals surface area contributed by atoms with Gasteiger partial charge in [0.2, 0.25) is 5.91 Å². The second-order valence-electron chi connectivity index (χ2n) is 2.08. The van der Waals surface area contributed by atoms with Crippen molar-refractivity contribution in [1.29, 1.82) is 0 Å². The normalized spacial score (nSPS) is 9.31. The summed E-state index contributed by atoms with van der Waals surface area (Å²) in [6.45, 7) is -0.0917. The summed E-state index contributed by atoms with van der Waals surface area (Å²) in [5.41, 5.74) is 8.78. The number of carbonyl (C=O) groups excluding carboxylic acids is 1. The summed E-state index contributed by atoms with van der Waals surface area (Å²) in [7, 11) is 0. The van der Waals surface area contributed by atoms with Crippen LogP contribution >= 0.6 is 11.3 Å². The fraction of sp³-hybridized carbons (Fsp3) is 0.167. The minimum absolute atomic E-state index is 0.0917. The molecule has 7 heteroatoms. The molecular weight excluding hydrogens is 194 g/mol. The highest BCUT2D eigenvalue weighted by Crippen LogP contribution is 2.16. The van der Waals surface area contributed by atoms with Crippen LogP contribution in [-0.2, 0) is 11.5 Å². The maximum absolute atomic E-state index is 11.1. The Labute approximate surface area is 76.9 Å². The van der Waals surface area contributed by atoms with Gasteiger partial charge in [-0.2, -0.15) is 11.3 Å². The fourth-order valence-electron chi connectivity index (χ4n) is 0.787. The van der Waals surface area contributed by atoms with E-state index in [-0.39, 0.29) is 12.2 Å². The molecule has 0 atom stereocenters. The number of hydrogen-bond donors (Lipinski definition) is 1. The Morgan fingerprint density at radius 2 is 2.54 bits per heavy atom. The predicted octanol–water partition coefficient (Wildman–Crippen LogP) is 2.19. The maximum atomic E-state index is 11.1. The molecule has 0 spiro atoms. The standard InChI is InChI=1S/C6H5N3O3S/c7-9-8-6(10)5-3-13-2-4(5)1-12-11/h2-3,11H,1H2. The van der Waals surface area contributed by atoms with Gasteiger partial charge in [0.15, 0.2) is 0 Å². The molecule has 0 aromatic carbocycles. The Morgan fingerprint density at radius 3 is 3.15 bits per heavy atom. The van der Waals surface area contributed by atoms with E-state index in [1.54, 1.807) is 5.38 Å². The first-order chi connectivity index (χ1) is 6.29. The van der Waals surface area contributed by atoms with Crippen LogP contribution in [0.15, 0.2) is 15.9 Å². The van der Waals surface area contributed by atoms with E-state index in [0.717, 1.165) is 0 Å². The van der Waals surface area contributed by atoms with Crippen LogP contribution in [0.5, 0.6) is 0 Å². The Bertz CT molecular complexity index is 356. The minimum Gasteiger partial charge on any atom is -0.287 e. The number of amides is 1. The quantitative estimate of drug-likeness (QED) is 0.265. The van der Waals surface area contributed by atoms with Gasteiger partial charge in [0.05, 0.1) is 0 Å². The molecule has 0 aliphatic heterocycles. The van der Waals surface area contributed by atoms with Crippen molar-refractivity contribution in [2.45, 2.75) is 6.61 Å². The van der Waals surface area contributed by atoms with E-state index in [1.807, 2.05) is 0 Å². The van der Waals surface area contributed by atoms with Gasteiger partial charge < -0.3 is 0 Å². The Balaban J connectivity index is 2.92. The van der Waals surface area contributed by atoms with Crippen molar-refractivity contribution in [3.05, 3.63) is 32.3 Å². The molecular formula is C6H5N3O3S. The molecule has 1 N–H and O–H groups in total. The molecule has 1 amide bonds. The van der Waals surface area contributed by atoms with Gasteiger partial charge in [-0.15, -0.1) is 0 Å². The first kappa shape index (κ1) is 9.69. The van der Waals surface area contributed by atoms with Crippen molar-refractivity contribution >= 4 is 17.2 Å². The van der Waals surface area contributed by atoms with Gasteiger partial charge in [0.25, 0.3) is 0 Å². The highest BCUT2D eigenvalue weighted by molar-refractivity contribution is 7.08. The Kier molecular flexibility index (Phi) is 3.41. The van der Waals surface area contributed by atoms with Crippen LogP contribution in [0.1, 0.15) is 15.9 Å². The lowest BCUT2D eigenvalue weighted by molar-refractivity contribution is -0.252. The highest BCUT2D eigenvalue weighted by Gasteiger charge is 2.10. The largest absolute Gasteiger partial charge is 0.287 e. The lowest BCUT2D eigenvalue weighted by Gasteiger charge is -1.95. The third kappa shape index (κ3) is 2.27. The van der Waals surface area contributed by atoms with Gasteiger partial charge in [-0.25, -0.2) is 4.89 Å². The summed E-state index contributed by atoms with van der Waals surface area (Å²) in [6.07, 6.45) is 0. The van der Waals surface area contributed by atoms with Crippen LogP contribution in [0.25, 0.3) is 10.4 Å². The SMILES string of the molecule is [N-]=[N+]=NC(=O)c1cscc1COO. The van der Waals surface area contributed by atoms with E-state index in [2.05, 4.69) is 14.9 Å². The van der Waals surface area contributed by atoms with Gasteiger partial charge in [0.1, 0.15) is 6.61 Å². The number of azide groups is 1. The zero-order chi connectivity index (χ0) is 9.68. The first-order valence-corrected chi connectivity index (χ1v) is 4.14. The minimum atomic E-state index is -0.671. The molecule has 1 aromatic heterocycles. The van der Waals surface area contributed by atoms with E-state index >= 15 is 0 Å². The molecule has 0 aliphatic carbocycles. The summed E-state index contributed by atoms with van der Waals surface area (Å²) < 4.78 is 0. The molecule has 0 bridgehead atoms. The van der Waals surface area contributed by atoms with Crippen molar-refractivity contribution < 1.29 is 14.9 Å². The fourth-order valence-corrected chi connectivity index (χ4v) is 1.60. The van der Waals surface area contributed by atoms with Crippen molar-refractivity contribution in [2.24, 2.45) is 5.11 Å². The molecule has 0 saturated carbocycles. The molecule has 68 valence electrons. The zero-order valence-corrected chi connectivity index (χ0v) is 7.19. The molecule has 0 fully saturated rings. The molecule has 0 saturated heterocycles. The summed E-state index contributed by atoms with van der Waals surface area (Å²) >= 11 is 1.27. The number of rotatable bonds is 3. The Morgan fingerprint density at radius 1 is 1.77 bits per heavy atom. The Hall–Kier alpha value is -1.40. The molecule has 0 unspecified atom stereocenters. The second kappa shape index (κ2) is 4.58. The smallest absolute Gasteiger partial charge is 0.250 e. The molecule has 1 rings (SSSR count). The zero-order valence-electron chi connectivity index (χ0n) is 6.38. The van der Waals surface area contributed by atoms with E-state index in [1.165, 1.54) is 16.7 Å². The van der Waals surface area contributed by atoms with Crippen molar-refractivity contribution in [2.75, 3.05) is 0 Å². The lowest BCUT2D eigenvalue weighted by atomic mass is 10.2. The number of hydrogen-bond acceptors (Lipinski definition) is 4. The van der Waals surface area contributed by atoms with Gasteiger partial charge >= 0.3 is 0 Å². The van der Waals surface area contributed by atoms with Gasteiger partial charge in [0, 0.05) is 21.4 Å². The summed E-state index contributed by atoms with van der Waals surface area (Å²) in [5, 5.41) is 14.3. The highest BCUT2D eigenvalue weighted by atomic mass is 32.1. The molecule has 0 aliphatic rings. The van der Waals surface area contributed by atoms with Crippen LogP contribution in [0, 0.1) is 0 Å². The van der Waals surface area contributed by atoms with Crippen LogP contribution in [0.3, 0.4) is 0 Å². The lowest BCUT2D eigenvalue weighted by Crippen LogP contribution is -1.97. The average Bonchev–Trinajstić information content (AvgIpc) is 2.54. The molecule has 1 aromatic rings. The third-order valence-corrected chi connectivity index (χ3v) is 2.12. The maximum Gasteiger partial charge on any atom is 0.250 e. The summed E-state index contributed by atoms with van der Waals surface area (Å²) in [6, 6.07) is 0. The van der Waals surface area contributed by atoms with Crippen LogP contribution in [0.2, 0.25) is 0 Å². The van der Waals surface area contributed by atoms with Crippen molar-refractivity contribution in [3.8, 4) is 0 Å². The van der Waals surface area contributed by atoms with E-state index in [0.29, 0.717) is 5.56 Å². The number of nitrogens with zero attached hydrogens (tertiary/aromatic N) is 3. The van der Waals surface area contributed by atoms with Crippen molar-refractivity contribution in [3.63, 3.8) is 0 Å². The van der Waals surface area contributed by atoms with E-state index in [4.69, 9.17) is 10.8 Å².